The number of carboxylic acid groups (broad SMARTS) is 1. The molecule has 0 heterocycles. The summed E-state index contributed by atoms with van der Waals surface area (Å²) in [5.74, 6) is -0.936. The van der Waals surface area contributed by atoms with Crippen molar-refractivity contribution in [3.8, 4) is 0 Å². The molecule has 4 heteroatoms. The molecule has 0 saturated heterocycles. The minimum atomic E-state index is -0.936. The molecule has 78 valence electrons. The van der Waals surface area contributed by atoms with Crippen LogP contribution in [0.2, 0.25) is 0 Å². The van der Waals surface area contributed by atoms with Crippen molar-refractivity contribution in [1.82, 2.24) is 0 Å². The van der Waals surface area contributed by atoms with Gasteiger partial charge in [0.15, 0.2) is 0 Å². The molecule has 0 fully saturated rings. The van der Waals surface area contributed by atoms with Crippen molar-refractivity contribution >= 4 is 5.97 Å². The molecule has 1 unspecified atom stereocenters. The van der Waals surface area contributed by atoms with Gasteiger partial charge in [0.05, 0.1) is 19.1 Å². The lowest BCUT2D eigenvalue weighted by atomic mass is 10.2. The van der Waals surface area contributed by atoms with Crippen LogP contribution in [0.4, 0.5) is 0 Å². The molecule has 0 radical (unpaired) electrons. The Bertz CT molecular complexity index is 136. The maximum absolute atomic E-state index is 10.3. The number of rotatable bonds is 8. The van der Waals surface area contributed by atoms with Crippen molar-refractivity contribution in [3.63, 3.8) is 0 Å². The van der Waals surface area contributed by atoms with Crippen LogP contribution in [0.5, 0.6) is 0 Å². The molecule has 0 rings (SSSR count). The third kappa shape index (κ3) is 7.74. The van der Waals surface area contributed by atoms with Crippen molar-refractivity contribution in [2.75, 3.05) is 13.2 Å². The zero-order valence-electron chi connectivity index (χ0n) is 8.03. The summed E-state index contributed by atoms with van der Waals surface area (Å²) in [7, 11) is 0. The summed E-state index contributed by atoms with van der Waals surface area (Å²) in [6.07, 6.45) is 2.43. The van der Waals surface area contributed by atoms with E-state index in [1.54, 1.807) is 0 Å². The first kappa shape index (κ1) is 12.4. The fourth-order valence-electron chi connectivity index (χ4n) is 0.973. The van der Waals surface area contributed by atoms with Crippen LogP contribution >= 0.6 is 0 Å². The lowest BCUT2D eigenvalue weighted by Gasteiger charge is -2.12. The summed E-state index contributed by atoms with van der Waals surface area (Å²) in [5, 5.41) is 17.2. The van der Waals surface area contributed by atoms with E-state index in [2.05, 4.69) is 6.92 Å². The van der Waals surface area contributed by atoms with Crippen LogP contribution in [0.15, 0.2) is 0 Å². The monoisotopic (exact) mass is 190 g/mol. The Labute approximate surface area is 78.5 Å². The summed E-state index contributed by atoms with van der Waals surface area (Å²) in [6, 6.07) is 0. The van der Waals surface area contributed by atoms with E-state index in [0.29, 0.717) is 6.61 Å². The van der Waals surface area contributed by atoms with Crippen molar-refractivity contribution in [1.29, 1.82) is 0 Å². The van der Waals surface area contributed by atoms with E-state index in [1.165, 1.54) is 0 Å². The number of ether oxygens (including phenoxy) is 1. The van der Waals surface area contributed by atoms with Crippen molar-refractivity contribution < 1.29 is 19.7 Å². The molecule has 2 N–H and O–H groups in total. The zero-order valence-corrected chi connectivity index (χ0v) is 8.03. The maximum Gasteiger partial charge on any atom is 0.306 e. The Balaban J connectivity index is 3.42. The van der Waals surface area contributed by atoms with E-state index in [1.807, 2.05) is 0 Å². The summed E-state index contributed by atoms with van der Waals surface area (Å²) < 4.78 is 5.17. The van der Waals surface area contributed by atoms with Crippen LogP contribution in [0.25, 0.3) is 0 Å². The lowest BCUT2D eigenvalue weighted by Crippen LogP contribution is -2.22. The van der Waals surface area contributed by atoms with Gasteiger partial charge < -0.3 is 14.9 Å². The Hall–Kier alpha value is -0.610. The number of hydrogen-bond donors (Lipinski definition) is 2. The quantitative estimate of drug-likeness (QED) is 0.561. The molecule has 0 aliphatic heterocycles. The largest absolute Gasteiger partial charge is 0.481 e. The van der Waals surface area contributed by atoms with Crippen LogP contribution in [0.3, 0.4) is 0 Å². The predicted molar refractivity (Wildman–Crippen MR) is 48.6 cm³/mol. The van der Waals surface area contributed by atoms with E-state index in [4.69, 9.17) is 14.9 Å². The maximum atomic E-state index is 10.3. The fourth-order valence-corrected chi connectivity index (χ4v) is 0.973. The van der Waals surface area contributed by atoms with Crippen LogP contribution < -0.4 is 0 Å². The van der Waals surface area contributed by atoms with Gasteiger partial charge in [-0.05, 0) is 6.42 Å². The molecule has 0 bridgehead atoms. The number of aliphatic carboxylic acids is 1. The first-order chi connectivity index (χ1) is 6.20. The van der Waals surface area contributed by atoms with Crippen molar-refractivity contribution in [2.24, 2.45) is 0 Å². The van der Waals surface area contributed by atoms with Crippen LogP contribution in [-0.2, 0) is 9.53 Å². The number of unbranched alkanes of at least 4 members (excludes halogenated alkanes) is 2. The fraction of sp³-hybridized carbons (Fsp3) is 0.889. The molecule has 0 aromatic carbocycles. The van der Waals surface area contributed by atoms with Gasteiger partial charge in [-0.25, -0.2) is 0 Å². The van der Waals surface area contributed by atoms with E-state index in [9.17, 15) is 4.79 Å². The van der Waals surface area contributed by atoms with Crippen molar-refractivity contribution in [2.45, 2.75) is 38.7 Å². The summed E-state index contributed by atoms with van der Waals surface area (Å²) in [5.41, 5.74) is 0. The van der Waals surface area contributed by atoms with E-state index < -0.39 is 12.1 Å². The van der Waals surface area contributed by atoms with Crippen LogP contribution in [-0.4, -0.2) is 35.5 Å². The van der Waals surface area contributed by atoms with Gasteiger partial charge in [-0.2, -0.15) is 0 Å². The van der Waals surface area contributed by atoms with Gasteiger partial charge in [0, 0.05) is 6.61 Å². The molecule has 1 atom stereocenters. The van der Waals surface area contributed by atoms with Gasteiger partial charge in [-0.3, -0.25) is 4.79 Å². The third-order valence-corrected chi connectivity index (χ3v) is 1.71. The first-order valence-electron chi connectivity index (χ1n) is 4.65. The third-order valence-electron chi connectivity index (χ3n) is 1.71. The highest BCUT2D eigenvalue weighted by atomic mass is 16.5. The minimum absolute atomic E-state index is 0.122. The molecule has 0 aromatic heterocycles. The molecule has 0 amide bonds. The van der Waals surface area contributed by atoms with E-state index >= 15 is 0 Å². The van der Waals surface area contributed by atoms with E-state index in [-0.39, 0.29) is 13.0 Å². The second-order valence-electron chi connectivity index (χ2n) is 2.98. The van der Waals surface area contributed by atoms with Gasteiger partial charge in [-0.1, -0.05) is 19.8 Å². The standard InChI is InChI=1S/C9H18O4/c1-2-3-4-5-13-8(7-10)6-9(11)12/h8,10H,2-7H2,1H3,(H,11,12). The number of carbonyl (C=O) groups is 1. The molecular formula is C9H18O4. The van der Waals surface area contributed by atoms with E-state index in [0.717, 1.165) is 19.3 Å². The number of hydrogen-bond acceptors (Lipinski definition) is 3. The second-order valence-corrected chi connectivity index (χ2v) is 2.98. The average Bonchev–Trinajstić information content (AvgIpc) is 2.09. The second kappa shape index (κ2) is 8.01. The topological polar surface area (TPSA) is 66.8 Å². The molecule has 4 nitrogen and oxygen atoms in total. The molecular weight excluding hydrogens is 172 g/mol. The first-order valence-corrected chi connectivity index (χ1v) is 4.65. The lowest BCUT2D eigenvalue weighted by molar-refractivity contribution is -0.141. The average molecular weight is 190 g/mol. The van der Waals surface area contributed by atoms with Crippen LogP contribution in [0.1, 0.15) is 32.6 Å². The Morgan fingerprint density at radius 1 is 1.46 bits per heavy atom. The smallest absolute Gasteiger partial charge is 0.306 e. The van der Waals surface area contributed by atoms with Gasteiger partial charge in [-0.15, -0.1) is 0 Å². The predicted octanol–water partition coefficient (Wildman–Crippen LogP) is 1.03. The molecule has 0 saturated carbocycles. The number of aliphatic hydroxyl groups excluding tert-OH is 1. The molecule has 0 aromatic rings. The van der Waals surface area contributed by atoms with Gasteiger partial charge in [0.25, 0.3) is 0 Å². The zero-order chi connectivity index (χ0) is 10.1. The number of carboxylic acids is 1. The molecule has 13 heavy (non-hydrogen) atoms. The molecule has 0 aliphatic rings. The summed E-state index contributed by atoms with van der Waals surface area (Å²) in [6.45, 7) is 2.39. The molecule has 0 aliphatic carbocycles. The van der Waals surface area contributed by atoms with Gasteiger partial charge in [0.2, 0.25) is 0 Å². The normalized spacial score (nSPS) is 12.8. The summed E-state index contributed by atoms with van der Waals surface area (Å²) in [4.78, 5) is 10.3. The molecule has 0 spiro atoms. The Kier molecular flexibility index (Phi) is 7.63. The minimum Gasteiger partial charge on any atom is -0.481 e. The highest BCUT2D eigenvalue weighted by Gasteiger charge is 2.11. The van der Waals surface area contributed by atoms with Crippen LogP contribution in [0, 0.1) is 0 Å². The highest BCUT2D eigenvalue weighted by molar-refractivity contribution is 5.67. The highest BCUT2D eigenvalue weighted by Crippen LogP contribution is 2.01. The van der Waals surface area contributed by atoms with Crippen molar-refractivity contribution in [3.05, 3.63) is 0 Å². The number of aliphatic hydroxyl groups is 1. The van der Waals surface area contributed by atoms with Gasteiger partial charge in [0.1, 0.15) is 0 Å². The Morgan fingerprint density at radius 2 is 2.15 bits per heavy atom. The summed E-state index contributed by atoms with van der Waals surface area (Å²) >= 11 is 0. The van der Waals surface area contributed by atoms with Gasteiger partial charge >= 0.3 is 5.97 Å². The SMILES string of the molecule is CCCCCOC(CO)CC(=O)O. The Morgan fingerprint density at radius 3 is 2.62 bits per heavy atom.